The van der Waals surface area contributed by atoms with Crippen LogP contribution in [0.5, 0.6) is 0 Å². The van der Waals surface area contributed by atoms with Gasteiger partial charge < -0.3 is 9.53 Å². The molecular weight excluding hydrogens is 276 g/mol. The Hall–Kier alpha value is -0.303. The molecule has 0 aliphatic heterocycles. The zero-order valence-corrected chi connectivity index (χ0v) is 16.1. The maximum atomic E-state index is 9.15. The van der Waals surface area contributed by atoms with Crippen LogP contribution in [0, 0.1) is 11.8 Å². The minimum atomic E-state index is -1.59. The zero-order valence-electron chi connectivity index (χ0n) is 15.1. The molecule has 21 heavy (non-hydrogen) atoms. The van der Waals surface area contributed by atoms with Gasteiger partial charge in [-0.25, -0.2) is 0 Å². The number of aliphatic hydroxyl groups excluding tert-OH is 1. The van der Waals surface area contributed by atoms with Crippen LogP contribution in [0.1, 0.15) is 72.6 Å². The Morgan fingerprint density at radius 2 is 1.57 bits per heavy atom. The molecule has 0 aromatic rings. The Morgan fingerprint density at radius 3 is 2.14 bits per heavy atom. The number of hydrogen-bond donors (Lipinski definition) is 1. The molecule has 0 radical (unpaired) electrons. The van der Waals surface area contributed by atoms with Crippen molar-refractivity contribution >= 4 is 8.32 Å². The van der Waals surface area contributed by atoms with E-state index in [0.717, 1.165) is 32.3 Å². The Bertz CT molecular complexity index is 318. The second-order valence-corrected chi connectivity index (χ2v) is 12.3. The van der Waals surface area contributed by atoms with Gasteiger partial charge in [0.2, 0.25) is 0 Å². The van der Waals surface area contributed by atoms with E-state index in [2.05, 4.69) is 45.7 Å². The Kier molecular flexibility index (Phi) is 10.3. The van der Waals surface area contributed by atoms with Crippen LogP contribution in [0.2, 0.25) is 18.1 Å². The van der Waals surface area contributed by atoms with Gasteiger partial charge in [0.1, 0.15) is 0 Å². The fraction of sp³-hybridized carbons (Fsp3) is 0.889. The van der Waals surface area contributed by atoms with E-state index in [0.29, 0.717) is 0 Å². The van der Waals surface area contributed by atoms with Crippen molar-refractivity contribution in [1.82, 2.24) is 0 Å². The van der Waals surface area contributed by atoms with Crippen LogP contribution in [0.3, 0.4) is 0 Å². The lowest BCUT2D eigenvalue weighted by atomic mass is 10.1. The molecule has 0 aromatic heterocycles. The minimum Gasteiger partial charge on any atom is -0.416 e. The number of rotatable bonds is 9. The first kappa shape index (κ1) is 20.7. The first-order chi connectivity index (χ1) is 9.67. The summed E-state index contributed by atoms with van der Waals surface area (Å²) in [5.41, 5.74) is 0. The van der Waals surface area contributed by atoms with E-state index < -0.39 is 8.32 Å². The summed E-state index contributed by atoms with van der Waals surface area (Å²) in [6.45, 7) is 14.0. The molecule has 2 nitrogen and oxygen atoms in total. The van der Waals surface area contributed by atoms with Crippen molar-refractivity contribution in [1.29, 1.82) is 0 Å². The second-order valence-electron chi connectivity index (χ2n) is 7.51. The van der Waals surface area contributed by atoms with Gasteiger partial charge in [-0.15, -0.1) is 11.8 Å². The molecule has 0 saturated carbocycles. The summed E-state index contributed by atoms with van der Waals surface area (Å²) in [5.74, 6) is 6.47. The van der Waals surface area contributed by atoms with Crippen molar-refractivity contribution in [2.45, 2.75) is 96.9 Å². The third-order valence-electron chi connectivity index (χ3n) is 4.29. The van der Waals surface area contributed by atoms with E-state index in [9.17, 15) is 0 Å². The van der Waals surface area contributed by atoms with Gasteiger partial charge in [-0.05, 0) is 37.9 Å². The van der Waals surface area contributed by atoms with Crippen molar-refractivity contribution in [3.63, 3.8) is 0 Å². The Balaban J connectivity index is 3.55. The van der Waals surface area contributed by atoms with Crippen LogP contribution in [0.15, 0.2) is 0 Å². The fourth-order valence-electron chi connectivity index (χ4n) is 1.76. The summed E-state index contributed by atoms with van der Waals surface area (Å²) in [4.78, 5) is 0. The maximum absolute atomic E-state index is 9.15. The van der Waals surface area contributed by atoms with Crippen molar-refractivity contribution in [3.05, 3.63) is 0 Å². The summed E-state index contributed by atoms with van der Waals surface area (Å²) >= 11 is 0. The molecule has 0 aliphatic carbocycles. The van der Waals surface area contributed by atoms with Gasteiger partial charge >= 0.3 is 0 Å². The molecule has 0 aliphatic rings. The largest absolute Gasteiger partial charge is 0.416 e. The van der Waals surface area contributed by atoms with E-state index >= 15 is 0 Å². The Morgan fingerprint density at radius 1 is 1.00 bits per heavy atom. The summed E-state index contributed by atoms with van der Waals surface area (Å²) in [5, 5.41) is 9.44. The van der Waals surface area contributed by atoms with E-state index in [1.165, 1.54) is 19.3 Å². The molecule has 0 saturated heterocycles. The number of hydrogen-bond acceptors (Lipinski definition) is 2. The molecule has 0 heterocycles. The summed E-state index contributed by atoms with van der Waals surface area (Å²) in [6, 6.07) is 0. The van der Waals surface area contributed by atoms with Gasteiger partial charge in [-0.1, -0.05) is 40.0 Å². The molecule has 0 rings (SSSR count). The molecule has 1 unspecified atom stereocenters. The van der Waals surface area contributed by atoms with Crippen LogP contribution in [0.4, 0.5) is 0 Å². The van der Waals surface area contributed by atoms with Gasteiger partial charge in [0.15, 0.2) is 8.32 Å². The van der Waals surface area contributed by atoms with Gasteiger partial charge in [0.25, 0.3) is 0 Å². The lowest BCUT2D eigenvalue weighted by Gasteiger charge is -2.35. The summed E-state index contributed by atoms with van der Waals surface area (Å²) < 4.78 is 6.09. The van der Waals surface area contributed by atoms with Gasteiger partial charge in [-0.3, -0.25) is 0 Å². The van der Waals surface area contributed by atoms with Gasteiger partial charge in [0, 0.05) is 19.4 Å². The predicted octanol–water partition coefficient (Wildman–Crippen LogP) is 5.12. The normalized spacial score (nSPS) is 13.7. The quantitative estimate of drug-likeness (QED) is 0.363. The summed E-state index contributed by atoms with van der Waals surface area (Å²) in [6.07, 6.45) is 7.37. The van der Waals surface area contributed by atoms with Crippen molar-refractivity contribution in [2.75, 3.05) is 6.61 Å². The van der Waals surface area contributed by atoms with Crippen LogP contribution >= 0.6 is 0 Å². The average molecular weight is 313 g/mol. The van der Waals surface area contributed by atoms with Crippen LogP contribution in [-0.2, 0) is 4.43 Å². The highest BCUT2D eigenvalue weighted by Gasteiger charge is 2.36. The lowest BCUT2D eigenvalue weighted by Crippen LogP contribution is -2.40. The zero-order chi connectivity index (χ0) is 16.4. The standard InChI is InChI=1S/C18H36O2Si/c1-17(19)15-13-11-9-7-8-10-12-14-16-20-21(5,6)18(2,3)4/h17,19H,7-9,11,13-16H2,1-6H3. The fourth-order valence-corrected chi connectivity index (χ4v) is 2.80. The SMILES string of the molecule is CC(O)CCCCCCC#CCCO[Si](C)(C)C(C)(C)C. The highest BCUT2D eigenvalue weighted by atomic mass is 28.4. The van der Waals surface area contributed by atoms with Crippen LogP contribution in [0.25, 0.3) is 0 Å². The molecule has 0 fully saturated rings. The van der Waals surface area contributed by atoms with E-state index in [4.69, 9.17) is 9.53 Å². The number of aliphatic hydroxyl groups is 1. The summed E-state index contributed by atoms with van der Waals surface area (Å²) in [7, 11) is -1.59. The first-order valence-corrected chi connectivity index (χ1v) is 11.4. The predicted molar refractivity (Wildman–Crippen MR) is 94.9 cm³/mol. The number of unbranched alkanes of at least 4 members (excludes halogenated alkanes) is 4. The van der Waals surface area contributed by atoms with Crippen molar-refractivity contribution in [2.24, 2.45) is 0 Å². The van der Waals surface area contributed by atoms with E-state index in [-0.39, 0.29) is 11.1 Å². The van der Waals surface area contributed by atoms with Gasteiger partial charge in [-0.2, -0.15) is 0 Å². The van der Waals surface area contributed by atoms with E-state index in [1.54, 1.807) is 0 Å². The third-order valence-corrected chi connectivity index (χ3v) is 8.83. The average Bonchev–Trinajstić information content (AvgIpc) is 2.34. The van der Waals surface area contributed by atoms with Crippen molar-refractivity contribution < 1.29 is 9.53 Å². The lowest BCUT2D eigenvalue weighted by molar-refractivity contribution is 0.180. The highest BCUT2D eigenvalue weighted by Crippen LogP contribution is 2.36. The molecule has 0 spiro atoms. The van der Waals surface area contributed by atoms with E-state index in [1.807, 2.05) is 6.92 Å². The topological polar surface area (TPSA) is 29.5 Å². The molecule has 1 atom stereocenters. The molecule has 3 heteroatoms. The molecule has 1 N–H and O–H groups in total. The van der Waals surface area contributed by atoms with Crippen LogP contribution in [-0.4, -0.2) is 26.1 Å². The van der Waals surface area contributed by atoms with Gasteiger partial charge in [0.05, 0.1) is 6.10 Å². The smallest absolute Gasteiger partial charge is 0.192 e. The molecule has 0 amide bonds. The molecule has 124 valence electrons. The third kappa shape index (κ3) is 11.0. The van der Waals surface area contributed by atoms with Crippen molar-refractivity contribution in [3.8, 4) is 11.8 Å². The minimum absolute atomic E-state index is 0.148. The maximum Gasteiger partial charge on any atom is 0.192 e. The first-order valence-electron chi connectivity index (χ1n) is 8.44. The highest BCUT2D eigenvalue weighted by molar-refractivity contribution is 6.74. The molecule has 0 bridgehead atoms. The molecule has 0 aromatic carbocycles. The monoisotopic (exact) mass is 312 g/mol. The second kappa shape index (κ2) is 10.4. The Labute approximate surface area is 133 Å². The molecular formula is C18H36O2Si. The van der Waals surface area contributed by atoms with Crippen LogP contribution < -0.4 is 0 Å².